The summed E-state index contributed by atoms with van der Waals surface area (Å²) in [5.74, 6) is 0.0755. The summed E-state index contributed by atoms with van der Waals surface area (Å²) < 4.78 is 37.7. The number of rotatable bonds is 7. The molecular weight excluding hydrogens is 365 g/mol. The molecule has 1 aliphatic heterocycles. The predicted molar refractivity (Wildman–Crippen MR) is 92.7 cm³/mol. The van der Waals surface area contributed by atoms with Crippen molar-refractivity contribution in [1.82, 2.24) is 19.9 Å². The molecule has 1 aromatic rings. The summed E-state index contributed by atoms with van der Waals surface area (Å²) in [4.78, 5) is 28.7. The summed E-state index contributed by atoms with van der Waals surface area (Å²) in [6, 6.07) is -0.0627. The number of nitrogens with two attached hydrogens (primary N) is 1. The molecule has 2 heterocycles. The first-order valence-corrected chi connectivity index (χ1v) is 8.76. The fraction of sp³-hybridized carbons (Fsp3) is 0.688. The van der Waals surface area contributed by atoms with Crippen LogP contribution in [0.2, 0.25) is 0 Å². The maximum Gasteiger partial charge on any atom is 0.419 e. The van der Waals surface area contributed by atoms with Crippen LogP contribution in [0.4, 0.5) is 19.1 Å². The summed E-state index contributed by atoms with van der Waals surface area (Å²) in [6.07, 6.45) is -2.92. The topological polar surface area (TPSA) is 87.8 Å². The number of amides is 1. The fourth-order valence-corrected chi connectivity index (χ4v) is 2.62. The molecule has 1 fully saturated rings. The first kappa shape index (κ1) is 21.3. The van der Waals surface area contributed by atoms with E-state index < -0.39 is 11.7 Å². The second-order valence-electron chi connectivity index (χ2n) is 6.37. The monoisotopic (exact) mass is 390 g/mol. The molecule has 27 heavy (non-hydrogen) atoms. The number of carbonyl (C=O) groups is 1. The molecule has 1 saturated heterocycles. The molecule has 2 N–H and O–H groups in total. The Morgan fingerprint density at radius 3 is 2.37 bits per heavy atom. The van der Waals surface area contributed by atoms with Crippen molar-refractivity contribution < 1.29 is 22.8 Å². The maximum absolute atomic E-state index is 12.6. The number of likely N-dealkylation sites (N-methyl/N-ethyl adjacent to an activating group) is 1. The Hall–Kier alpha value is -1.98. The molecule has 0 aromatic carbocycles. The van der Waals surface area contributed by atoms with Gasteiger partial charge in [0, 0.05) is 57.7 Å². The van der Waals surface area contributed by atoms with Gasteiger partial charge in [0.1, 0.15) is 6.61 Å². The Morgan fingerprint density at radius 1 is 1.30 bits per heavy atom. The van der Waals surface area contributed by atoms with Gasteiger partial charge < -0.3 is 15.5 Å². The summed E-state index contributed by atoms with van der Waals surface area (Å²) in [6.45, 7) is 6.57. The number of halogens is 3. The van der Waals surface area contributed by atoms with Crippen molar-refractivity contribution in [2.24, 2.45) is 5.73 Å². The minimum atomic E-state index is -4.46. The smallest absolute Gasteiger partial charge is 0.337 e. The standard InChI is InChI=1S/C16H25F3N6O2/c1-3-25(10-12(2)20)27-11-14(26)23-4-6-24(7-5-23)15-21-8-13(9-22-15)16(17,18)19/h8-9,12H,3-7,10-11,20H2,1-2H3. The lowest BCUT2D eigenvalue weighted by molar-refractivity contribution is -0.176. The average molecular weight is 390 g/mol. The molecule has 0 bridgehead atoms. The van der Waals surface area contributed by atoms with Gasteiger partial charge in [0.25, 0.3) is 5.91 Å². The van der Waals surface area contributed by atoms with Crippen LogP contribution in [0.15, 0.2) is 12.4 Å². The number of nitrogens with zero attached hydrogens (tertiary/aromatic N) is 5. The third-order valence-electron chi connectivity index (χ3n) is 4.10. The molecule has 8 nitrogen and oxygen atoms in total. The van der Waals surface area contributed by atoms with Crippen LogP contribution < -0.4 is 10.6 Å². The molecule has 11 heteroatoms. The molecule has 1 aliphatic rings. The predicted octanol–water partition coefficient (Wildman–Crippen LogP) is 0.745. The lowest BCUT2D eigenvalue weighted by Crippen LogP contribution is -2.50. The lowest BCUT2D eigenvalue weighted by Gasteiger charge is -2.35. The van der Waals surface area contributed by atoms with Gasteiger partial charge in [-0.15, -0.1) is 0 Å². The van der Waals surface area contributed by atoms with Crippen molar-refractivity contribution in [2.45, 2.75) is 26.1 Å². The van der Waals surface area contributed by atoms with Gasteiger partial charge in [-0.25, -0.2) is 9.97 Å². The normalized spacial score (nSPS) is 16.7. The molecule has 1 aromatic heterocycles. The number of alkyl halides is 3. The molecule has 2 rings (SSSR count). The minimum absolute atomic E-state index is 0.0627. The molecule has 152 valence electrons. The number of hydrogen-bond acceptors (Lipinski definition) is 7. The number of hydroxylamine groups is 2. The van der Waals surface area contributed by atoms with E-state index in [9.17, 15) is 18.0 Å². The summed E-state index contributed by atoms with van der Waals surface area (Å²) in [5.41, 5.74) is 4.84. The van der Waals surface area contributed by atoms with Crippen molar-refractivity contribution >= 4 is 11.9 Å². The van der Waals surface area contributed by atoms with Crippen molar-refractivity contribution in [3.8, 4) is 0 Å². The van der Waals surface area contributed by atoms with E-state index in [1.165, 1.54) is 0 Å². The van der Waals surface area contributed by atoms with Gasteiger partial charge in [0.05, 0.1) is 5.56 Å². The molecule has 0 aliphatic carbocycles. The van der Waals surface area contributed by atoms with Gasteiger partial charge in [-0.2, -0.15) is 18.2 Å². The fourth-order valence-electron chi connectivity index (χ4n) is 2.62. The summed E-state index contributed by atoms with van der Waals surface area (Å²) >= 11 is 0. The Labute approximate surface area is 156 Å². The van der Waals surface area contributed by atoms with E-state index in [0.717, 1.165) is 12.4 Å². The minimum Gasteiger partial charge on any atom is -0.337 e. The van der Waals surface area contributed by atoms with Gasteiger partial charge >= 0.3 is 6.18 Å². The van der Waals surface area contributed by atoms with Crippen molar-refractivity contribution in [3.63, 3.8) is 0 Å². The number of aromatic nitrogens is 2. The van der Waals surface area contributed by atoms with Gasteiger partial charge in [-0.1, -0.05) is 6.92 Å². The molecule has 0 spiro atoms. The van der Waals surface area contributed by atoms with E-state index in [0.29, 0.717) is 39.3 Å². The largest absolute Gasteiger partial charge is 0.419 e. The Kier molecular flexibility index (Phi) is 7.33. The first-order chi connectivity index (χ1) is 12.7. The van der Waals surface area contributed by atoms with E-state index in [2.05, 4.69) is 9.97 Å². The average Bonchev–Trinajstić information content (AvgIpc) is 2.64. The number of hydrogen-bond donors (Lipinski definition) is 1. The van der Waals surface area contributed by atoms with Crippen LogP contribution in [0.25, 0.3) is 0 Å². The number of piperazine rings is 1. The van der Waals surface area contributed by atoms with Crippen LogP contribution in [0.1, 0.15) is 19.4 Å². The maximum atomic E-state index is 12.6. The van der Waals surface area contributed by atoms with Crippen LogP contribution in [0.3, 0.4) is 0 Å². The van der Waals surface area contributed by atoms with E-state index in [1.807, 2.05) is 13.8 Å². The van der Waals surface area contributed by atoms with E-state index in [-0.39, 0.29) is 24.5 Å². The third kappa shape index (κ3) is 6.29. The Balaban J connectivity index is 1.81. The first-order valence-electron chi connectivity index (χ1n) is 8.76. The van der Waals surface area contributed by atoms with Gasteiger partial charge in [-0.05, 0) is 6.92 Å². The Bertz CT molecular complexity index is 603. The second-order valence-corrected chi connectivity index (χ2v) is 6.37. The molecular formula is C16H25F3N6O2. The highest BCUT2D eigenvalue weighted by Crippen LogP contribution is 2.28. The van der Waals surface area contributed by atoms with Gasteiger partial charge in [0.15, 0.2) is 0 Å². The van der Waals surface area contributed by atoms with Gasteiger partial charge in [-0.3, -0.25) is 9.63 Å². The zero-order valence-electron chi connectivity index (χ0n) is 15.4. The SMILES string of the molecule is CCN(CC(C)N)OCC(=O)N1CCN(c2ncc(C(F)(F)F)cn2)CC1. The molecule has 0 saturated carbocycles. The quantitative estimate of drug-likeness (QED) is 0.687. The number of anilines is 1. The summed E-state index contributed by atoms with van der Waals surface area (Å²) in [7, 11) is 0. The van der Waals surface area contributed by atoms with Crippen molar-refractivity contribution in [3.05, 3.63) is 18.0 Å². The van der Waals surface area contributed by atoms with Gasteiger partial charge in [0.2, 0.25) is 5.95 Å². The zero-order chi connectivity index (χ0) is 20.0. The van der Waals surface area contributed by atoms with Crippen LogP contribution in [-0.4, -0.2) is 77.8 Å². The summed E-state index contributed by atoms with van der Waals surface area (Å²) in [5, 5.41) is 1.65. The molecule has 1 unspecified atom stereocenters. The van der Waals surface area contributed by atoms with E-state index in [4.69, 9.17) is 10.6 Å². The molecule has 1 atom stereocenters. The van der Waals surface area contributed by atoms with Crippen molar-refractivity contribution in [1.29, 1.82) is 0 Å². The van der Waals surface area contributed by atoms with E-state index in [1.54, 1.807) is 14.9 Å². The highest BCUT2D eigenvalue weighted by Gasteiger charge is 2.32. The van der Waals surface area contributed by atoms with Crippen molar-refractivity contribution in [2.75, 3.05) is 50.8 Å². The number of carbonyl (C=O) groups excluding carboxylic acids is 1. The molecule has 1 amide bonds. The Morgan fingerprint density at radius 2 is 1.89 bits per heavy atom. The van der Waals surface area contributed by atoms with E-state index >= 15 is 0 Å². The second kappa shape index (κ2) is 9.29. The van der Waals surface area contributed by atoms with Crippen LogP contribution in [-0.2, 0) is 15.8 Å². The lowest BCUT2D eigenvalue weighted by atomic mass is 10.3. The molecule has 0 radical (unpaired) electrons. The highest BCUT2D eigenvalue weighted by atomic mass is 19.4. The van der Waals surface area contributed by atoms with Crippen LogP contribution in [0.5, 0.6) is 0 Å². The van der Waals surface area contributed by atoms with Crippen LogP contribution in [0, 0.1) is 0 Å². The zero-order valence-corrected chi connectivity index (χ0v) is 15.4. The third-order valence-corrected chi connectivity index (χ3v) is 4.10. The van der Waals surface area contributed by atoms with Crippen LogP contribution >= 0.6 is 0 Å². The highest BCUT2D eigenvalue weighted by molar-refractivity contribution is 5.77.